The van der Waals surface area contributed by atoms with Gasteiger partial charge < -0.3 is 20.1 Å². The number of ether oxygens (including phenoxy) is 2. The summed E-state index contributed by atoms with van der Waals surface area (Å²) >= 11 is 0. The number of hydrogen-bond acceptors (Lipinski definition) is 5. The molecule has 0 atom stereocenters. The predicted octanol–water partition coefficient (Wildman–Crippen LogP) is 3.81. The van der Waals surface area contributed by atoms with E-state index in [1.54, 1.807) is 32.5 Å². The molecule has 0 aliphatic carbocycles. The van der Waals surface area contributed by atoms with Crippen LogP contribution < -0.4 is 20.1 Å². The van der Waals surface area contributed by atoms with Crippen LogP contribution in [0.15, 0.2) is 66.9 Å². The van der Waals surface area contributed by atoms with Crippen molar-refractivity contribution in [2.75, 3.05) is 26.1 Å². The molecule has 144 valence electrons. The molecule has 0 fully saturated rings. The molecule has 2 N–H and O–H groups in total. The van der Waals surface area contributed by atoms with Crippen molar-refractivity contribution in [3.8, 4) is 11.5 Å². The van der Waals surface area contributed by atoms with E-state index in [0.717, 1.165) is 11.3 Å². The van der Waals surface area contributed by atoms with Gasteiger partial charge in [-0.15, -0.1) is 0 Å². The summed E-state index contributed by atoms with van der Waals surface area (Å²) in [6, 6.07) is 19.0. The molecular formula is C22H23N3O3. The number of aromatic nitrogens is 1. The Kier molecular flexibility index (Phi) is 6.46. The number of anilines is 2. The number of pyridine rings is 1. The minimum absolute atomic E-state index is 0.153. The zero-order valence-electron chi connectivity index (χ0n) is 15.9. The zero-order valence-corrected chi connectivity index (χ0v) is 15.9. The van der Waals surface area contributed by atoms with Gasteiger partial charge in [-0.05, 0) is 48.4 Å². The Labute approximate surface area is 164 Å². The van der Waals surface area contributed by atoms with Crippen LogP contribution in [0.1, 0.15) is 15.9 Å². The van der Waals surface area contributed by atoms with Crippen LogP contribution in [0.4, 0.5) is 11.5 Å². The fourth-order valence-corrected chi connectivity index (χ4v) is 2.73. The Morgan fingerprint density at radius 3 is 2.43 bits per heavy atom. The predicted molar refractivity (Wildman–Crippen MR) is 110 cm³/mol. The molecule has 6 nitrogen and oxygen atoms in total. The molecule has 28 heavy (non-hydrogen) atoms. The molecule has 0 unspecified atom stereocenters. The van der Waals surface area contributed by atoms with E-state index in [4.69, 9.17) is 9.47 Å². The van der Waals surface area contributed by atoms with Crippen LogP contribution in [0.3, 0.4) is 0 Å². The topological polar surface area (TPSA) is 72.5 Å². The van der Waals surface area contributed by atoms with E-state index in [1.807, 2.05) is 48.5 Å². The molecule has 0 aliphatic rings. The Bertz CT molecular complexity index is 912. The number of nitrogens with zero attached hydrogens (tertiary/aromatic N) is 1. The van der Waals surface area contributed by atoms with E-state index in [9.17, 15) is 4.79 Å². The van der Waals surface area contributed by atoms with Crippen molar-refractivity contribution in [3.05, 3.63) is 78.0 Å². The summed E-state index contributed by atoms with van der Waals surface area (Å²) in [5, 5.41) is 6.10. The van der Waals surface area contributed by atoms with Crippen LogP contribution in [-0.2, 0) is 6.42 Å². The lowest BCUT2D eigenvalue weighted by Crippen LogP contribution is -2.25. The summed E-state index contributed by atoms with van der Waals surface area (Å²) in [6.07, 6.45) is 2.25. The second kappa shape index (κ2) is 9.41. The Morgan fingerprint density at radius 2 is 1.75 bits per heavy atom. The average molecular weight is 377 g/mol. The number of carbonyl (C=O) groups excluding carboxylic acids is 1. The normalized spacial score (nSPS) is 10.2. The molecule has 0 bridgehead atoms. The average Bonchev–Trinajstić information content (AvgIpc) is 2.74. The van der Waals surface area contributed by atoms with Crippen LogP contribution in [0, 0.1) is 0 Å². The fourth-order valence-electron chi connectivity index (χ4n) is 2.73. The third kappa shape index (κ3) is 5.01. The lowest BCUT2D eigenvalue weighted by Gasteiger charge is -2.10. The highest BCUT2D eigenvalue weighted by Crippen LogP contribution is 2.27. The minimum Gasteiger partial charge on any atom is -0.493 e. The quantitative estimate of drug-likeness (QED) is 0.624. The van der Waals surface area contributed by atoms with Gasteiger partial charge in [0.15, 0.2) is 11.5 Å². The molecule has 1 heterocycles. The van der Waals surface area contributed by atoms with Gasteiger partial charge in [0.25, 0.3) is 5.91 Å². The van der Waals surface area contributed by atoms with Gasteiger partial charge in [-0.25, -0.2) is 4.98 Å². The first-order valence-corrected chi connectivity index (χ1v) is 8.97. The Balaban J connectivity index is 1.52. The second-order valence-corrected chi connectivity index (χ2v) is 6.12. The van der Waals surface area contributed by atoms with Gasteiger partial charge >= 0.3 is 0 Å². The lowest BCUT2D eigenvalue weighted by atomic mass is 10.1. The summed E-state index contributed by atoms with van der Waals surface area (Å²) in [7, 11) is 3.21. The summed E-state index contributed by atoms with van der Waals surface area (Å²) in [6.45, 7) is 0.512. The maximum atomic E-state index is 12.3. The van der Waals surface area contributed by atoms with E-state index in [1.165, 1.54) is 0 Å². The van der Waals surface area contributed by atoms with Gasteiger partial charge in [0, 0.05) is 18.4 Å². The molecule has 1 amide bonds. The maximum absolute atomic E-state index is 12.3. The molecule has 0 saturated heterocycles. The maximum Gasteiger partial charge on any atom is 0.252 e. The van der Waals surface area contributed by atoms with Gasteiger partial charge in [-0.3, -0.25) is 4.79 Å². The first-order valence-electron chi connectivity index (χ1n) is 8.97. The molecule has 3 rings (SSSR count). The summed E-state index contributed by atoms with van der Waals surface area (Å²) in [5.41, 5.74) is 2.52. The monoisotopic (exact) mass is 377 g/mol. The Hall–Kier alpha value is -3.54. The first kappa shape index (κ1) is 19.2. The first-order chi connectivity index (χ1) is 13.7. The number of rotatable bonds is 8. The fraction of sp³-hybridized carbons (Fsp3) is 0.182. The van der Waals surface area contributed by atoms with Gasteiger partial charge in [-0.2, -0.15) is 0 Å². The van der Waals surface area contributed by atoms with Gasteiger partial charge in [0.05, 0.1) is 19.8 Å². The van der Waals surface area contributed by atoms with Crippen LogP contribution >= 0.6 is 0 Å². The van der Waals surface area contributed by atoms with Crippen LogP contribution in [-0.4, -0.2) is 31.7 Å². The molecule has 3 aromatic rings. The van der Waals surface area contributed by atoms with Crippen molar-refractivity contribution < 1.29 is 14.3 Å². The minimum atomic E-state index is -0.153. The summed E-state index contributed by atoms with van der Waals surface area (Å²) in [5.74, 6) is 1.90. The lowest BCUT2D eigenvalue weighted by molar-refractivity contribution is 0.0954. The van der Waals surface area contributed by atoms with E-state index < -0.39 is 0 Å². The number of benzene rings is 2. The number of methoxy groups -OCH3 is 2. The van der Waals surface area contributed by atoms with Crippen molar-refractivity contribution >= 4 is 17.4 Å². The van der Waals surface area contributed by atoms with E-state index in [0.29, 0.717) is 35.8 Å². The molecule has 0 radical (unpaired) electrons. The van der Waals surface area contributed by atoms with Crippen molar-refractivity contribution in [1.29, 1.82) is 0 Å². The third-order valence-corrected chi connectivity index (χ3v) is 4.22. The van der Waals surface area contributed by atoms with Gasteiger partial charge in [0.1, 0.15) is 5.82 Å². The molecule has 0 aliphatic heterocycles. The smallest absolute Gasteiger partial charge is 0.252 e. The van der Waals surface area contributed by atoms with Gasteiger partial charge in [-0.1, -0.05) is 24.3 Å². The second-order valence-electron chi connectivity index (χ2n) is 6.12. The van der Waals surface area contributed by atoms with Gasteiger partial charge in [0.2, 0.25) is 0 Å². The van der Waals surface area contributed by atoms with Crippen LogP contribution in [0.5, 0.6) is 11.5 Å². The highest BCUT2D eigenvalue weighted by molar-refractivity contribution is 5.94. The summed E-state index contributed by atoms with van der Waals surface area (Å²) in [4.78, 5) is 16.6. The Morgan fingerprint density at radius 1 is 0.964 bits per heavy atom. The van der Waals surface area contributed by atoms with Crippen LogP contribution in [0.25, 0.3) is 0 Å². The molecule has 1 aromatic heterocycles. The van der Waals surface area contributed by atoms with Crippen molar-refractivity contribution in [2.45, 2.75) is 6.42 Å². The van der Waals surface area contributed by atoms with E-state index in [-0.39, 0.29) is 5.91 Å². The highest BCUT2D eigenvalue weighted by Gasteiger charge is 2.08. The molecule has 0 saturated carbocycles. The molecule has 2 aromatic carbocycles. The molecule has 0 spiro atoms. The number of nitrogens with one attached hydrogen (secondary N) is 2. The van der Waals surface area contributed by atoms with Crippen molar-refractivity contribution in [1.82, 2.24) is 10.3 Å². The van der Waals surface area contributed by atoms with Crippen LogP contribution in [0.2, 0.25) is 0 Å². The highest BCUT2D eigenvalue weighted by atomic mass is 16.5. The van der Waals surface area contributed by atoms with Crippen molar-refractivity contribution in [2.24, 2.45) is 0 Å². The zero-order chi connectivity index (χ0) is 19.8. The number of carbonyl (C=O) groups is 1. The molecule has 6 heteroatoms. The van der Waals surface area contributed by atoms with E-state index >= 15 is 0 Å². The van der Waals surface area contributed by atoms with Crippen molar-refractivity contribution in [3.63, 3.8) is 0 Å². The SMILES string of the molecule is COc1ccc(CCNC(=O)c2ccc(Nc3ccccc3)nc2)cc1OC. The summed E-state index contributed by atoms with van der Waals surface area (Å²) < 4.78 is 10.5. The third-order valence-electron chi connectivity index (χ3n) is 4.22. The largest absolute Gasteiger partial charge is 0.493 e. The number of hydrogen-bond donors (Lipinski definition) is 2. The number of para-hydroxylation sites is 1. The molecular weight excluding hydrogens is 354 g/mol. The standard InChI is InChI=1S/C22H23N3O3/c1-27-19-10-8-16(14-20(19)28-2)12-13-23-22(26)17-9-11-21(24-15-17)25-18-6-4-3-5-7-18/h3-11,14-15H,12-13H2,1-2H3,(H,23,26)(H,24,25). The number of amides is 1. The van der Waals surface area contributed by atoms with E-state index in [2.05, 4.69) is 15.6 Å².